The number of ether oxygens (including phenoxy) is 1. The average Bonchev–Trinajstić information content (AvgIpc) is 2.28. The fourth-order valence-corrected chi connectivity index (χ4v) is 1.39. The molecule has 1 aromatic carbocycles. The van der Waals surface area contributed by atoms with Gasteiger partial charge in [0.2, 0.25) is 5.88 Å². The van der Waals surface area contributed by atoms with Crippen LogP contribution in [0.5, 0.6) is 11.6 Å². The maximum absolute atomic E-state index is 13.6. The number of nitrogens with zero attached hydrogens (tertiary/aromatic N) is 1. The SMILES string of the molecule is COc1ccc(F)c(-c2nc(O)cc(=O)[nH]2)c1. The third kappa shape index (κ3) is 2.25. The first-order valence-corrected chi connectivity index (χ1v) is 4.74. The molecule has 0 unspecified atom stereocenters. The van der Waals surface area contributed by atoms with Gasteiger partial charge in [0, 0.05) is 0 Å². The lowest BCUT2D eigenvalue weighted by molar-refractivity contribution is 0.414. The maximum Gasteiger partial charge on any atom is 0.254 e. The number of aromatic hydroxyl groups is 1. The Labute approximate surface area is 95.5 Å². The molecule has 1 aromatic heterocycles. The Balaban J connectivity index is 2.62. The van der Waals surface area contributed by atoms with Crippen LogP contribution in [-0.2, 0) is 0 Å². The van der Waals surface area contributed by atoms with Gasteiger partial charge in [0.25, 0.3) is 5.56 Å². The van der Waals surface area contributed by atoms with Crippen LogP contribution in [0.15, 0.2) is 29.1 Å². The van der Waals surface area contributed by atoms with E-state index in [1.54, 1.807) is 0 Å². The quantitative estimate of drug-likeness (QED) is 0.823. The fraction of sp³-hybridized carbons (Fsp3) is 0.0909. The van der Waals surface area contributed by atoms with E-state index in [0.29, 0.717) is 5.75 Å². The van der Waals surface area contributed by atoms with E-state index in [4.69, 9.17) is 4.74 Å². The van der Waals surface area contributed by atoms with Crippen LogP contribution in [0.3, 0.4) is 0 Å². The molecule has 17 heavy (non-hydrogen) atoms. The normalized spacial score (nSPS) is 10.2. The number of benzene rings is 1. The van der Waals surface area contributed by atoms with Crippen molar-refractivity contribution in [1.82, 2.24) is 9.97 Å². The molecule has 88 valence electrons. The summed E-state index contributed by atoms with van der Waals surface area (Å²) in [7, 11) is 1.44. The second-order valence-electron chi connectivity index (χ2n) is 3.30. The first kappa shape index (κ1) is 11.1. The number of hydrogen-bond acceptors (Lipinski definition) is 4. The molecule has 0 atom stereocenters. The summed E-state index contributed by atoms with van der Waals surface area (Å²) in [5.41, 5.74) is -0.507. The van der Waals surface area contributed by atoms with Gasteiger partial charge in [-0.25, -0.2) is 4.39 Å². The number of halogens is 1. The van der Waals surface area contributed by atoms with E-state index in [-0.39, 0.29) is 11.4 Å². The van der Waals surface area contributed by atoms with Crippen molar-refractivity contribution < 1.29 is 14.2 Å². The summed E-state index contributed by atoms with van der Waals surface area (Å²) in [4.78, 5) is 17.1. The fourth-order valence-electron chi connectivity index (χ4n) is 1.39. The minimum absolute atomic E-state index is 0.0496. The van der Waals surface area contributed by atoms with Gasteiger partial charge in [-0.3, -0.25) is 4.79 Å². The lowest BCUT2D eigenvalue weighted by atomic mass is 10.2. The third-order valence-electron chi connectivity index (χ3n) is 2.16. The highest BCUT2D eigenvalue weighted by atomic mass is 19.1. The van der Waals surface area contributed by atoms with Crippen LogP contribution in [-0.4, -0.2) is 22.2 Å². The van der Waals surface area contributed by atoms with E-state index in [9.17, 15) is 14.3 Å². The zero-order valence-electron chi connectivity index (χ0n) is 8.90. The van der Waals surface area contributed by atoms with E-state index in [0.717, 1.165) is 6.07 Å². The molecule has 0 aliphatic carbocycles. The van der Waals surface area contributed by atoms with Gasteiger partial charge in [-0.2, -0.15) is 4.98 Å². The number of rotatable bonds is 2. The zero-order chi connectivity index (χ0) is 12.4. The van der Waals surface area contributed by atoms with Gasteiger partial charge in [0.15, 0.2) is 0 Å². The molecule has 0 aliphatic heterocycles. The van der Waals surface area contributed by atoms with Gasteiger partial charge in [0.05, 0.1) is 18.7 Å². The number of nitrogens with one attached hydrogen (secondary N) is 1. The van der Waals surface area contributed by atoms with Crippen LogP contribution >= 0.6 is 0 Å². The summed E-state index contributed by atoms with van der Waals surface area (Å²) in [5, 5.41) is 9.19. The van der Waals surface area contributed by atoms with Crippen molar-refractivity contribution in [2.75, 3.05) is 7.11 Å². The maximum atomic E-state index is 13.6. The van der Waals surface area contributed by atoms with Crippen molar-refractivity contribution in [3.63, 3.8) is 0 Å². The van der Waals surface area contributed by atoms with Crippen molar-refractivity contribution in [3.8, 4) is 23.0 Å². The lowest BCUT2D eigenvalue weighted by Crippen LogP contribution is -2.07. The number of hydrogen-bond donors (Lipinski definition) is 2. The summed E-state index contributed by atoms with van der Waals surface area (Å²) in [6, 6.07) is 4.92. The lowest BCUT2D eigenvalue weighted by Gasteiger charge is -2.05. The molecule has 0 aliphatic rings. The summed E-state index contributed by atoms with van der Waals surface area (Å²) in [5.74, 6) is -0.663. The molecule has 5 nitrogen and oxygen atoms in total. The third-order valence-corrected chi connectivity index (χ3v) is 2.16. The molecule has 1 heterocycles. The molecule has 0 bridgehead atoms. The number of H-pyrrole nitrogens is 1. The Bertz CT molecular complexity index is 610. The van der Waals surface area contributed by atoms with Crippen molar-refractivity contribution in [3.05, 3.63) is 40.4 Å². The minimum Gasteiger partial charge on any atom is -0.497 e. The predicted octanol–water partition coefficient (Wildman–Crippen LogP) is 1.29. The zero-order valence-corrected chi connectivity index (χ0v) is 8.90. The first-order valence-electron chi connectivity index (χ1n) is 4.74. The van der Waals surface area contributed by atoms with Crippen molar-refractivity contribution in [2.24, 2.45) is 0 Å². The molecular weight excluding hydrogens is 227 g/mol. The summed E-state index contributed by atoms with van der Waals surface area (Å²) < 4.78 is 18.5. The van der Waals surface area contributed by atoms with Gasteiger partial charge in [-0.15, -0.1) is 0 Å². The van der Waals surface area contributed by atoms with Gasteiger partial charge >= 0.3 is 0 Å². The molecule has 0 saturated heterocycles. The first-order chi connectivity index (χ1) is 8.10. The smallest absolute Gasteiger partial charge is 0.254 e. The molecule has 2 aromatic rings. The Hall–Kier alpha value is -2.37. The Morgan fingerprint density at radius 3 is 2.82 bits per heavy atom. The van der Waals surface area contributed by atoms with Gasteiger partial charge in [-0.1, -0.05) is 0 Å². The summed E-state index contributed by atoms with van der Waals surface area (Å²) in [6.45, 7) is 0. The average molecular weight is 236 g/mol. The molecule has 0 saturated carbocycles. The van der Waals surface area contributed by atoms with Crippen LogP contribution in [0.25, 0.3) is 11.4 Å². The van der Waals surface area contributed by atoms with Crippen LogP contribution in [0.4, 0.5) is 4.39 Å². The monoisotopic (exact) mass is 236 g/mol. The van der Waals surface area contributed by atoms with E-state index in [1.165, 1.54) is 25.3 Å². The summed E-state index contributed by atoms with van der Waals surface area (Å²) >= 11 is 0. The molecule has 0 spiro atoms. The van der Waals surface area contributed by atoms with E-state index < -0.39 is 17.3 Å². The number of aromatic amines is 1. The molecular formula is C11H9FN2O3. The Kier molecular flexibility index (Phi) is 2.78. The summed E-state index contributed by atoms with van der Waals surface area (Å²) in [6.07, 6.45) is 0. The van der Waals surface area contributed by atoms with E-state index in [1.807, 2.05) is 0 Å². The molecule has 0 amide bonds. The second kappa shape index (κ2) is 4.25. The van der Waals surface area contributed by atoms with Gasteiger partial charge in [0.1, 0.15) is 17.4 Å². The van der Waals surface area contributed by atoms with Gasteiger partial charge in [-0.05, 0) is 18.2 Å². The van der Waals surface area contributed by atoms with Crippen molar-refractivity contribution >= 4 is 0 Å². The Morgan fingerprint density at radius 1 is 1.41 bits per heavy atom. The highest BCUT2D eigenvalue weighted by Gasteiger charge is 2.10. The standard InChI is InChI=1S/C11H9FN2O3/c1-17-6-2-3-8(12)7(4-6)11-13-9(15)5-10(16)14-11/h2-5H,1H3,(H2,13,14,15,16). The van der Waals surface area contributed by atoms with Crippen LogP contribution in [0.2, 0.25) is 0 Å². The van der Waals surface area contributed by atoms with Crippen LogP contribution < -0.4 is 10.3 Å². The van der Waals surface area contributed by atoms with E-state index >= 15 is 0 Å². The molecule has 2 rings (SSSR count). The van der Waals surface area contributed by atoms with E-state index in [2.05, 4.69) is 9.97 Å². The van der Waals surface area contributed by atoms with Crippen molar-refractivity contribution in [1.29, 1.82) is 0 Å². The molecule has 0 fully saturated rings. The Morgan fingerprint density at radius 2 is 2.18 bits per heavy atom. The van der Waals surface area contributed by atoms with Crippen LogP contribution in [0.1, 0.15) is 0 Å². The number of aromatic nitrogens is 2. The van der Waals surface area contributed by atoms with Crippen molar-refractivity contribution in [2.45, 2.75) is 0 Å². The number of methoxy groups -OCH3 is 1. The second-order valence-corrected chi connectivity index (χ2v) is 3.30. The largest absolute Gasteiger partial charge is 0.497 e. The predicted molar refractivity (Wildman–Crippen MR) is 58.5 cm³/mol. The molecule has 0 radical (unpaired) electrons. The molecule has 2 N–H and O–H groups in total. The molecule has 6 heteroatoms. The highest BCUT2D eigenvalue weighted by molar-refractivity contribution is 5.58. The minimum atomic E-state index is -0.570. The van der Waals surface area contributed by atoms with Gasteiger partial charge < -0.3 is 14.8 Å². The van der Waals surface area contributed by atoms with Crippen LogP contribution in [0, 0.1) is 5.82 Å². The topological polar surface area (TPSA) is 75.2 Å². The highest BCUT2D eigenvalue weighted by Crippen LogP contribution is 2.24.